The minimum atomic E-state index is -0.493. The lowest BCUT2D eigenvalue weighted by molar-refractivity contribution is 0.0525. The number of benzene rings is 1. The number of H-pyrrole nitrogens is 1. The molecule has 0 radical (unpaired) electrons. The molecule has 3 rings (SSSR count). The molecule has 2 aromatic heterocycles. The first-order valence-corrected chi connectivity index (χ1v) is 9.37. The van der Waals surface area contributed by atoms with Gasteiger partial charge in [-0.25, -0.2) is 9.78 Å². The highest BCUT2D eigenvalue weighted by molar-refractivity contribution is 7.13. The number of rotatable bonds is 4. The van der Waals surface area contributed by atoms with Crippen LogP contribution in [-0.2, 0) is 4.74 Å². The molecule has 134 valence electrons. The number of hydrogen-bond acceptors (Lipinski definition) is 5. The molecule has 0 spiro atoms. The lowest BCUT2D eigenvalue weighted by atomic mass is 10.1. The number of ether oxygens (including phenoxy) is 1. The molecule has 0 aliphatic heterocycles. The number of aromatic nitrogens is 2. The lowest BCUT2D eigenvalue weighted by Crippen LogP contribution is -2.16. The molecule has 1 N–H and O–H groups in total. The fourth-order valence-electron chi connectivity index (χ4n) is 2.45. The number of aromatic amines is 1. The van der Waals surface area contributed by atoms with Crippen LogP contribution in [-0.4, -0.2) is 22.5 Å². The summed E-state index contributed by atoms with van der Waals surface area (Å²) in [4.78, 5) is 31.6. The van der Waals surface area contributed by atoms with E-state index in [4.69, 9.17) is 27.9 Å². The van der Waals surface area contributed by atoms with Crippen molar-refractivity contribution in [2.45, 2.75) is 13.8 Å². The van der Waals surface area contributed by atoms with E-state index in [1.54, 1.807) is 37.4 Å². The first-order chi connectivity index (χ1) is 12.4. The molecule has 1 aromatic carbocycles. The predicted molar refractivity (Wildman–Crippen MR) is 104 cm³/mol. The standard InChI is InChI=1S/C18H14Cl2N2O3S/c1-3-25-18(24)10-7-11(16(23)21-9(10)2)14-8-26-17(22-14)15-12(19)5-4-6-13(15)20/h4-8H,3H2,1-2H3,(H,21,23). The van der Waals surface area contributed by atoms with E-state index in [1.807, 2.05) is 0 Å². The maximum atomic E-state index is 12.4. The molecular weight excluding hydrogens is 395 g/mol. The quantitative estimate of drug-likeness (QED) is 0.619. The Kier molecular flexibility index (Phi) is 5.46. The van der Waals surface area contributed by atoms with Crippen molar-refractivity contribution in [2.75, 3.05) is 6.61 Å². The third-order valence-electron chi connectivity index (χ3n) is 3.69. The van der Waals surface area contributed by atoms with Gasteiger partial charge in [0.15, 0.2) is 0 Å². The Labute approximate surface area is 163 Å². The van der Waals surface area contributed by atoms with Crippen LogP contribution in [0.25, 0.3) is 21.8 Å². The molecule has 2 heterocycles. The van der Waals surface area contributed by atoms with Gasteiger partial charge < -0.3 is 9.72 Å². The summed E-state index contributed by atoms with van der Waals surface area (Å²) in [6, 6.07) is 6.70. The first kappa shape index (κ1) is 18.6. The smallest absolute Gasteiger partial charge is 0.339 e. The molecule has 0 bridgehead atoms. The number of thiazole rings is 1. The summed E-state index contributed by atoms with van der Waals surface area (Å²) in [5.41, 5.74) is 1.74. The second kappa shape index (κ2) is 7.61. The molecule has 0 saturated heterocycles. The van der Waals surface area contributed by atoms with Crippen molar-refractivity contribution in [1.29, 1.82) is 0 Å². The highest BCUT2D eigenvalue weighted by atomic mass is 35.5. The summed E-state index contributed by atoms with van der Waals surface area (Å²) in [6.07, 6.45) is 0. The van der Waals surface area contributed by atoms with Crippen molar-refractivity contribution in [3.63, 3.8) is 0 Å². The Balaban J connectivity index is 2.09. The van der Waals surface area contributed by atoms with Gasteiger partial charge in [0, 0.05) is 16.6 Å². The zero-order chi connectivity index (χ0) is 18.8. The van der Waals surface area contributed by atoms with E-state index in [2.05, 4.69) is 9.97 Å². The van der Waals surface area contributed by atoms with Gasteiger partial charge in [-0.15, -0.1) is 11.3 Å². The van der Waals surface area contributed by atoms with Gasteiger partial charge in [0.25, 0.3) is 5.56 Å². The van der Waals surface area contributed by atoms with Gasteiger partial charge in [0.1, 0.15) is 5.01 Å². The average Bonchev–Trinajstić information content (AvgIpc) is 3.04. The summed E-state index contributed by atoms with van der Waals surface area (Å²) in [5, 5.41) is 3.27. The Bertz CT molecular complexity index is 1020. The van der Waals surface area contributed by atoms with Gasteiger partial charge in [-0.2, -0.15) is 0 Å². The van der Waals surface area contributed by atoms with Crippen molar-refractivity contribution in [2.24, 2.45) is 0 Å². The fourth-order valence-corrected chi connectivity index (χ4v) is 4.03. The topological polar surface area (TPSA) is 72.0 Å². The van der Waals surface area contributed by atoms with Crippen LogP contribution in [0.1, 0.15) is 23.0 Å². The van der Waals surface area contributed by atoms with E-state index in [0.717, 1.165) is 0 Å². The zero-order valence-corrected chi connectivity index (χ0v) is 16.3. The molecule has 3 aromatic rings. The number of nitrogens with one attached hydrogen (secondary N) is 1. The summed E-state index contributed by atoms with van der Waals surface area (Å²) >= 11 is 13.8. The molecular formula is C18H14Cl2N2O3S. The number of carbonyl (C=O) groups is 1. The third kappa shape index (κ3) is 3.53. The van der Waals surface area contributed by atoms with Crippen molar-refractivity contribution >= 4 is 40.5 Å². The summed E-state index contributed by atoms with van der Waals surface area (Å²) in [7, 11) is 0. The molecule has 0 amide bonds. The van der Waals surface area contributed by atoms with Crippen LogP contribution in [0, 0.1) is 6.92 Å². The van der Waals surface area contributed by atoms with Crippen LogP contribution in [0.5, 0.6) is 0 Å². The van der Waals surface area contributed by atoms with E-state index >= 15 is 0 Å². The summed E-state index contributed by atoms with van der Waals surface area (Å²) in [6.45, 7) is 3.62. The highest BCUT2D eigenvalue weighted by Gasteiger charge is 2.18. The van der Waals surface area contributed by atoms with Crippen LogP contribution >= 0.6 is 34.5 Å². The number of nitrogens with zero attached hydrogens (tertiary/aromatic N) is 1. The minimum absolute atomic E-state index is 0.249. The number of halogens is 2. The van der Waals surface area contributed by atoms with E-state index in [1.165, 1.54) is 17.4 Å². The third-order valence-corrected chi connectivity index (χ3v) is 5.18. The highest BCUT2D eigenvalue weighted by Crippen LogP contribution is 2.37. The van der Waals surface area contributed by atoms with Gasteiger partial charge in [0.05, 0.1) is 33.5 Å². The number of hydrogen-bond donors (Lipinski definition) is 1. The van der Waals surface area contributed by atoms with Crippen LogP contribution in [0.15, 0.2) is 34.4 Å². The van der Waals surface area contributed by atoms with E-state index in [9.17, 15) is 9.59 Å². The van der Waals surface area contributed by atoms with Gasteiger partial charge in [-0.05, 0) is 32.0 Å². The van der Waals surface area contributed by atoms with Crippen molar-refractivity contribution < 1.29 is 9.53 Å². The van der Waals surface area contributed by atoms with E-state index in [0.29, 0.717) is 37.6 Å². The van der Waals surface area contributed by atoms with Gasteiger partial charge in [-0.1, -0.05) is 29.3 Å². The molecule has 5 nitrogen and oxygen atoms in total. The Hall–Kier alpha value is -2.15. The first-order valence-electron chi connectivity index (χ1n) is 7.73. The van der Waals surface area contributed by atoms with Crippen LogP contribution in [0.4, 0.5) is 0 Å². The summed E-state index contributed by atoms with van der Waals surface area (Å²) < 4.78 is 5.03. The second-order valence-corrected chi connectivity index (χ2v) is 7.08. The Morgan fingerprint density at radius 3 is 2.65 bits per heavy atom. The van der Waals surface area contributed by atoms with E-state index in [-0.39, 0.29) is 17.7 Å². The van der Waals surface area contributed by atoms with Gasteiger partial charge in [-0.3, -0.25) is 4.79 Å². The molecule has 0 aliphatic rings. The molecule has 0 saturated carbocycles. The maximum Gasteiger partial charge on any atom is 0.339 e. The van der Waals surface area contributed by atoms with Crippen LogP contribution in [0.3, 0.4) is 0 Å². The van der Waals surface area contributed by atoms with E-state index < -0.39 is 5.97 Å². The largest absolute Gasteiger partial charge is 0.462 e. The fraction of sp³-hybridized carbons (Fsp3) is 0.167. The monoisotopic (exact) mass is 408 g/mol. The predicted octanol–water partition coefficient (Wildman–Crippen LogP) is 4.96. The second-order valence-electron chi connectivity index (χ2n) is 5.41. The maximum absolute atomic E-state index is 12.4. The number of carbonyl (C=O) groups excluding carboxylic acids is 1. The van der Waals surface area contributed by atoms with Crippen LogP contribution in [0.2, 0.25) is 10.0 Å². The summed E-state index contributed by atoms with van der Waals surface area (Å²) in [5.74, 6) is -0.493. The molecule has 0 fully saturated rings. The normalized spacial score (nSPS) is 10.8. The lowest BCUT2D eigenvalue weighted by Gasteiger charge is -2.07. The molecule has 8 heteroatoms. The SMILES string of the molecule is CCOC(=O)c1cc(-c2csc(-c3c(Cl)cccc3Cl)n2)c(=O)[nH]c1C. The Morgan fingerprint density at radius 1 is 1.31 bits per heavy atom. The zero-order valence-electron chi connectivity index (χ0n) is 13.9. The van der Waals surface area contributed by atoms with Crippen molar-refractivity contribution in [1.82, 2.24) is 9.97 Å². The number of aryl methyl sites for hydroxylation is 1. The average molecular weight is 409 g/mol. The molecule has 0 unspecified atom stereocenters. The van der Waals surface area contributed by atoms with Gasteiger partial charge >= 0.3 is 5.97 Å². The van der Waals surface area contributed by atoms with Crippen molar-refractivity contribution in [3.8, 4) is 21.8 Å². The number of pyridine rings is 1. The minimum Gasteiger partial charge on any atom is -0.462 e. The van der Waals surface area contributed by atoms with Crippen molar-refractivity contribution in [3.05, 3.63) is 61.3 Å². The molecule has 0 aliphatic carbocycles. The molecule has 26 heavy (non-hydrogen) atoms. The Morgan fingerprint density at radius 2 is 2.00 bits per heavy atom. The molecule has 0 atom stereocenters. The van der Waals surface area contributed by atoms with Gasteiger partial charge in [0.2, 0.25) is 0 Å². The van der Waals surface area contributed by atoms with Crippen LogP contribution < -0.4 is 5.56 Å². The number of esters is 1.